The lowest BCUT2D eigenvalue weighted by molar-refractivity contribution is 0.191. The van der Waals surface area contributed by atoms with Crippen LogP contribution in [-0.4, -0.2) is 24.4 Å². The standard InChI is InChI=1S/C19H23BrClNO3/c1-3-24-18-9-14(11-22-10-13(2)23)8-16(20)19(18)25-12-15-6-4-5-7-17(15)21/h4-9,13,22-23H,3,10-12H2,1-2H3/t13-/m0/s1. The molecular weight excluding hydrogens is 406 g/mol. The minimum Gasteiger partial charge on any atom is -0.490 e. The van der Waals surface area contributed by atoms with Gasteiger partial charge in [-0.25, -0.2) is 0 Å². The second-order valence-corrected chi connectivity index (χ2v) is 6.96. The van der Waals surface area contributed by atoms with Gasteiger partial charge in [0.15, 0.2) is 11.5 Å². The molecule has 0 aliphatic heterocycles. The lowest BCUT2D eigenvalue weighted by atomic mass is 10.2. The first-order chi connectivity index (χ1) is 12.0. The van der Waals surface area contributed by atoms with Crippen LogP contribution in [-0.2, 0) is 13.2 Å². The van der Waals surface area contributed by atoms with Crippen molar-refractivity contribution in [1.82, 2.24) is 5.32 Å². The van der Waals surface area contributed by atoms with Crippen LogP contribution >= 0.6 is 27.5 Å². The highest BCUT2D eigenvalue weighted by molar-refractivity contribution is 9.10. The van der Waals surface area contributed by atoms with E-state index in [0.717, 1.165) is 15.6 Å². The summed E-state index contributed by atoms with van der Waals surface area (Å²) in [4.78, 5) is 0. The van der Waals surface area contributed by atoms with E-state index in [4.69, 9.17) is 21.1 Å². The minimum absolute atomic E-state index is 0.359. The highest BCUT2D eigenvalue weighted by atomic mass is 79.9. The number of halogens is 2. The first-order valence-corrected chi connectivity index (χ1v) is 9.38. The monoisotopic (exact) mass is 427 g/mol. The fourth-order valence-electron chi connectivity index (χ4n) is 2.32. The van der Waals surface area contributed by atoms with E-state index in [1.54, 1.807) is 6.92 Å². The van der Waals surface area contributed by atoms with Gasteiger partial charge in [-0.05, 0) is 53.5 Å². The number of aliphatic hydroxyl groups is 1. The van der Waals surface area contributed by atoms with Gasteiger partial charge in [-0.15, -0.1) is 0 Å². The first kappa shape index (κ1) is 20.0. The maximum absolute atomic E-state index is 9.34. The highest BCUT2D eigenvalue weighted by Gasteiger charge is 2.13. The fraction of sp³-hybridized carbons (Fsp3) is 0.368. The SMILES string of the molecule is CCOc1cc(CNC[C@H](C)O)cc(Br)c1OCc1ccccc1Cl. The quantitative estimate of drug-likeness (QED) is 0.615. The molecule has 0 unspecified atom stereocenters. The minimum atomic E-state index is -0.381. The molecule has 0 bridgehead atoms. The number of hydrogen-bond donors (Lipinski definition) is 2. The Labute approximate surface area is 162 Å². The van der Waals surface area contributed by atoms with Crippen LogP contribution in [0.3, 0.4) is 0 Å². The number of nitrogens with one attached hydrogen (secondary N) is 1. The fourth-order valence-corrected chi connectivity index (χ4v) is 3.11. The molecule has 6 heteroatoms. The summed E-state index contributed by atoms with van der Waals surface area (Å²) >= 11 is 9.75. The van der Waals surface area contributed by atoms with E-state index in [-0.39, 0.29) is 6.10 Å². The second-order valence-electron chi connectivity index (χ2n) is 5.70. The van der Waals surface area contributed by atoms with Gasteiger partial charge in [0.2, 0.25) is 0 Å². The van der Waals surface area contributed by atoms with Crippen molar-refractivity contribution in [3.63, 3.8) is 0 Å². The zero-order chi connectivity index (χ0) is 18.2. The largest absolute Gasteiger partial charge is 0.490 e. The van der Waals surface area contributed by atoms with Crippen molar-refractivity contribution in [3.8, 4) is 11.5 Å². The van der Waals surface area contributed by atoms with Crippen molar-refractivity contribution >= 4 is 27.5 Å². The van der Waals surface area contributed by atoms with E-state index in [1.165, 1.54) is 0 Å². The van der Waals surface area contributed by atoms with E-state index < -0.39 is 0 Å². The molecule has 0 amide bonds. The van der Waals surface area contributed by atoms with E-state index in [1.807, 2.05) is 43.3 Å². The number of hydrogen-bond acceptors (Lipinski definition) is 4. The van der Waals surface area contributed by atoms with Crippen LogP contribution in [0.2, 0.25) is 5.02 Å². The maximum Gasteiger partial charge on any atom is 0.175 e. The Morgan fingerprint density at radius 2 is 2.00 bits per heavy atom. The van der Waals surface area contributed by atoms with Gasteiger partial charge in [0.25, 0.3) is 0 Å². The van der Waals surface area contributed by atoms with Crippen LogP contribution in [0.25, 0.3) is 0 Å². The summed E-state index contributed by atoms with van der Waals surface area (Å²) in [5, 5.41) is 13.2. The number of aliphatic hydroxyl groups excluding tert-OH is 1. The first-order valence-electron chi connectivity index (χ1n) is 8.21. The average molecular weight is 429 g/mol. The molecule has 2 rings (SSSR count). The van der Waals surface area contributed by atoms with Crippen LogP contribution in [0.1, 0.15) is 25.0 Å². The van der Waals surface area contributed by atoms with Gasteiger partial charge in [0, 0.05) is 23.7 Å². The van der Waals surface area contributed by atoms with Gasteiger partial charge in [-0.3, -0.25) is 0 Å². The van der Waals surface area contributed by atoms with E-state index in [9.17, 15) is 5.11 Å². The molecule has 0 aliphatic carbocycles. The Morgan fingerprint density at radius 1 is 1.24 bits per heavy atom. The van der Waals surface area contributed by atoms with Crippen LogP contribution in [0.15, 0.2) is 40.9 Å². The van der Waals surface area contributed by atoms with Crippen LogP contribution in [0, 0.1) is 0 Å². The van der Waals surface area contributed by atoms with Gasteiger partial charge in [-0.2, -0.15) is 0 Å². The molecule has 0 aromatic heterocycles. The van der Waals surface area contributed by atoms with Gasteiger partial charge in [0.1, 0.15) is 6.61 Å². The molecule has 4 nitrogen and oxygen atoms in total. The summed E-state index contributed by atoms with van der Waals surface area (Å²) < 4.78 is 12.5. The summed E-state index contributed by atoms with van der Waals surface area (Å²) in [7, 11) is 0. The molecule has 136 valence electrons. The topological polar surface area (TPSA) is 50.7 Å². The van der Waals surface area contributed by atoms with Gasteiger partial charge in [-0.1, -0.05) is 29.8 Å². The molecular formula is C19H23BrClNO3. The molecule has 0 radical (unpaired) electrons. The number of benzene rings is 2. The summed E-state index contributed by atoms with van der Waals surface area (Å²) in [6.45, 7) is 5.75. The predicted molar refractivity (Wildman–Crippen MR) is 104 cm³/mol. The number of rotatable bonds is 9. The number of ether oxygens (including phenoxy) is 2. The molecule has 0 saturated heterocycles. The lowest BCUT2D eigenvalue weighted by Gasteiger charge is -2.16. The Bertz CT molecular complexity index is 694. The maximum atomic E-state index is 9.34. The Morgan fingerprint density at radius 3 is 2.68 bits per heavy atom. The lowest BCUT2D eigenvalue weighted by Crippen LogP contribution is -2.23. The molecule has 0 aliphatic rings. The van der Waals surface area contributed by atoms with Crippen molar-refractivity contribution in [2.75, 3.05) is 13.2 Å². The van der Waals surface area contributed by atoms with Crippen molar-refractivity contribution < 1.29 is 14.6 Å². The van der Waals surface area contributed by atoms with Crippen molar-refractivity contribution in [2.45, 2.75) is 33.1 Å². The third-order valence-corrected chi connectivity index (χ3v) is 4.43. The molecule has 0 saturated carbocycles. The normalized spacial score (nSPS) is 12.0. The van der Waals surface area contributed by atoms with Gasteiger partial charge in [0.05, 0.1) is 17.2 Å². The molecule has 2 N–H and O–H groups in total. The van der Waals surface area contributed by atoms with Crippen molar-refractivity contribution in [1.29, 1.82) is 0 Å². The van der Waals surface area contributed by atoms with Crippen LogP contribution in [0.4, 0.5) is 0 Å². The Hall–Kier alpha value is -1.27. The molecule has 0 fully saturated rings. The third-order valence-electron chi connectivity index (χ3n) is 3.47. The van der Waals surface area contributed by atoms with Crippen molar-refractivity contribution in [3.05, 3.63) is 57.0 Å². The molecule has 1 atom stereocenters. The van der Waals surface area contributed by atoms with Crippen molar-refractivity contribution in [2.24, 2.45) is 0 Å². The molecule has 25 heavy (non-hydrogen) atoms. The van der Waals surface area contributed by atoms with Crippen LogP contribution in [0.5, 0.6) is 11.5 Å². The van der Waals surface area contributed by atoms with E-state index in [0.29, 0.717) is 42.8 Å². The van der Waals surface area contributed by atoms with E-state index >= 15 is 0 Å². The molecule has 0 heterocycles. The molecule has 2 aromatic rings. The second kappa shape index (κ2) is 10.0. The predicted octanol–water partition coefficient (Wildman–Crippen LogP) is 4.55. The summed E-state index contributed by atoms with van der Waals surface area (Å²) in [5.74, 6) is 1.33. The van der Waals surface area contributed by atoms with E-state index in [2.05, 4.69) is 21.2 Å². The average Bonchev–Trinajstić information content (AvgIpc) is 2.55. The van der Waals surface area contributed by atoms with Crippen LogP contribution < -0.4 is 14.8 Å². The zero-order valence-corrected chi connectivity index (χ0v) is 16.7. The van der Waals surface area contributed by atoms with Gasteiger partial charge >= 0.3 is 0 Å². The molecule has 2 aromatic carbocycles. The summed E-state index contributed by atoms with van der Waals surface area (Å²) in [6, 6.07) is 11.5. The third kappa shape index (κ3) is 6.19. The zero-order valence-electron chi connectivity index (χ0n) is 14.4. The Kier molecular flexibility index (Phi) is 8.03. The van der Waals surface area contributed by atoms with Gasteiger partial charge < -0.3 is 19.9 Å². The summed E-state index contributed by atoms with van der Waals surface area (Å²) in [6.07, 6.45) is -0.381. The smallest absolute Gasteiger partial charge is 0.175 e. The molecule has 0 spiro atoms. The highest BCUT2D eigenvalue weighted by Crippen LogP contribution is 2.37. The summed E-state index contributed by atoms with van der Waals surface area (Å²) in [5.41, 5.74) is 1.96. The Balaban J connectivity index is 2.14.